The third-order valence-corrected chi connectivity index (χ3v) is 1.80. The molecule has 15 heavy (non-hydrogen) atoms. The summed E-state index contributed by atoms with van der Waals surface area (Å²) in [6, 6.07) is 0. The predicted octanol–water partition coefficient (Wildman–Crippen LogP) is 1.08. The fourth-order valence-electron chi connectivity index (χ4n) is 0.733. The molecule has 0 aliphatic rings. The molecule has 0 atom stereocenters. The zero-order valence-corrected chi connectivity index (χ0v) is 11.1. The lowest BCUT2D eigenvalue weighted by Crippen LogP contribution is -2.11. The van der Waals surface area contributed by atoms with Gasteiger partial charge in [-0.1, -0.05) is 5.92 Å². The molecule has 0 aliphatic carbocycles. The summed E-state index contributed by atoms with van der Waals surface area (Å²) in [5, 5.41) is 0. The molecule has 0 fully saturated rings. The third kappa shape index (κ3) is 14.1. The van der Waals surface area contributed by atoms with Crippen molar-refractivity contribution in [3.05, 3.63) is 0 Å². The smallest absolute Gasteiger partial charge is 0.108 e. The first-order valence-corrected chi connectivity index (χ1v) is 5.80. The number of hydrogen-bond acceptors (Lipinski definition) is 4. The van der Waals surface area contributed by atoms with Crippen LogP contribution in [0, 0.1) is 9.85 Å². The summed E-state index contributed by atoms with van der Waals surface area (Å²) in [4.78, 5) is 0. The molecule has 0 saturated carbocycles. The Morgan fingerprint density at radius 2 is 1.40 bits per heavy atom. The lowest BCUT2D eigenvalue weighted by atomic mass is 10.7. The van der Waals surface area contributed by atoms with Gasteiger partial charge in [-0.15, -0.1) is 0 Å². The number of hydrogen-bond donors (Lipinski definition) is 0. The van der Waals surface area contributed by atoms with Crippen LogP contribution in [0.5, 0.6) is 0 Å². The first kappa shape index (κ1) is 15.1. The van der Waals surface area contributed by atoms with Crippen molar-refractivity contribution < 1.29 is 18.9 Å². The van der Waals surface area contributed by atoms with E-state index < -0.39 is 0 Å². The van der Waals surface area contributed by atoms with E-state index in [1.165, 1.54) is 0 Å². The summed E-state index contributed by atoms with van der Waals surface area (Å²) >= 11 is 1.98. The zero-order valence-electron chi connectivity index (χ0n) is 8.96. The maximum Gasteiger partial charge on any atom is 0.108 e. The quantitative estimate of drug-likeness (QED) is 0.342. The van der Waals surface area contributed by atoms with Crippen LogP contribution in [-0.4, -0.2) is 53.4 Å². The molecule has 0 unspecified atom stereocenters. The SMILES string of the molecule is COCCOCCOCCOCC#CI. The lowest BCUT2D eigenvalue weighted by Gasteiger charge is -2.05. The van der Waals surface area contributed by atoms with E-state index >= 15 is 0 Å². The summed E-state index contributed by atoms with van der Waals surface area (Å²) in [5.41, 5.74) is 0. The molecule has 88 valence electrons. The van der Waals surface area contributed by atoms with Gasteiger partial charge in [0, 0.05) is 29.7 Å². The summed E-state index contributed by atoms with van der Waals surface area (Å²) < 4.78 is 23.2. The summed E-state index contributed by atoms with van der Waals surface area (Å²) in [6.07, 6.45) is 0. The molecule has 0 aromatic rings. The molecular weight excluding hydrogens is 311 g/mol. The highest BCUT2D eigenvalue weighted by atomic mass is 127. The number of halogens is 1. The Morgan fingerprint density at radius 3 is 1.93 bits per heavy atom. The van der Waals surface area contributed by atoms with Crippen LogP contribution in [0.1, 0.15) is 0 Å². The van der Waals surface area contributed by atoms with Crippen molar-refractivity contribution >= 4 is 22.6 Å². The fraction of sp³-hybridized carbons (Fsp3) is 0.800. The Kier molecular flexibility index (Phi) is 14.3. The van der Waals surface area contributed by atoms with Gasteiger partial charge in [0.25, 0.3) is 0 Å². The normalized spacial score (nSPS) is 9.73. The van der Waals surface area contributed by atoms with Crippen molar-refractivity contribution in [3.63, 3.8) is 0 Å². The molecule has 0 bridgehead atoms. The Balaban J connectivity index is 2.88. The van der Waals surface area contributed by atoms with Gasteiger partial charge in [-0.05, 0) is 3.93 Å². The van der Waals surface area contributed by atoms with E-state index in [1.54, 1.807) is 7.11 Å². The summed E-state index contributed by atoms with van der Waals surface area (Å²) in [5.74, 6) is 2.79. The van der Waals surface area contributed by atoms with E-state index in [4.69, 9.17) is 18.9 Å². The minimum Gasteiger partial charge on any atom is -0.382 e. The summed E-state index contributed by atoms with van der Waals surface area (Å²) in [7, 11) is 1.65. The topological polar surface area (TPSA) is 36.9 Å². The van der Waals surface area contributed by atoms with E-state index in [0.29, 0.717) is 46.2 Å². The molecule has 0 heterocycles. The van der Waals surface area contributed by atoms with Crippen LogP contribution < -0.4 is 0 Å². The lowest BCUT2D eigenvalue weighted by molar-refractivity contribution is 0.00759. The highest BCUT2D eigenvalue weighted by Gasteiger charge is 1.90. The second kappa shape index (κ2) is 14.1. The Labute approximate surface area is 105 Å². The van der Waals surface area contributed by atoms with Crippen LogP contribution in [0.4, 0.5) is 0 Å². The molecule has 0 aromatic carbocycles. The minimum absolute atomic E-state index is 0.469. The standard InChI is InChI=1S/C10H17IO4/c1-12-5-6-14-9-10-15-8-7-13-4-2-3-11/h4-10H2,1H3. The van der Waals surface area contributed by atoms with E-state index in [9.17, 15) is 0 Å². The van der Waals surface area contributed by atoms with E-state index in [0.717, 1.165) is 0 Å². The molecule has 0 N–H and O–H groups in total. The Hall–Kier alpha value is 0.130. The van der Waals surface area contributed by atoms with Gasteiger partial charge in [-0.25, -0.2) is 0 Å². The number of ether oxygens (including phenoxy) is 4. The predicted molar refractivity (Wildman–Crippen MR) is 66.1 cm³/mol. The second-order valence-corrected chi connectivity index (χ2v) is 3.08. The largest absolute Gasteiger partial charge is 0.382 e. The van der Waals surface area contributed by atoms with Gasteiger partial charge in [0.05, 0.1) is 39.6 Å². The van der Waals surface area contributed by atoms with Gasteiger partial charge >= 0.3 is 0 Å². The van der Waals surface area contributed by atoms with Crippen molar-refractivity contribution in [2.24, 2.45) is 0 Å². The van der Waals surface area contributed by atoms with E-state index in [-0.39, 0.29) is 0 Å². The summed E-state index contributed by atoms with van der Waals surface area (Å²) in [6.45, 7) is 4.04. The van der Waals surface area contributed by atoms with Crippen LogP contribution in [0.2, 0.25) is 0 Å². The van der Waals surface area contributed by atoms with Gasteiger partial charge in [0.1, 0.15) is 6.61 Å². The van der Waals surface area contributed by atoms with Gasteiger partial charge in [0.15, 0.2) is 0 Å². The molecule has 0 spiro atoms. The Morgan fingerprint density at radius 1 is 0.867 bits per heavy atom. The third-order valence-electron chi connectivity index (χ3n) is 1.42. The van der Waals surface area contributed by atoms with Crippen LogP contribution in [0.25, 0.3) is 0 Å². The van der Waals surface area contributed by atoms with Crippen molar-refractivity contribution in [1.29, 1.82) is 0 Å². The molecular formula is C10H17IO4. The van der Waals surface area contributed by atoms with E-state index in [2.05, 4.69) is 9.85 Å². The molecule has 5 heteroatoms. The molecule has 0 radical (unpaired) electrons. The van der Waals surface area contributed by atoms with Crippen LogP contribution >= 0.6 is 22.6 Å². The minimum atomic E-state index is 0.469. The number of methoxy groups -OCH3 is 1. The van der Waals surface area contributed by atoms with Gasteiger partial charge in [-0.2, -0.15) is 0 Å². The maximum atomic E-state index is 5.25. The molecule has 0 saturated heterocycles. The molecule has 0 rings (SSSR count). The Bertz CT molecular complexity index is 176. The van der Waals surface area contributed by atoms with Gasteiger partial charge in [-0.3, -0.25) is 0 Å². The maximum absolute atomic E-state index is 5.25. The van der Waals surface area contributed by atoms with Crippen LogP contribution in [0.3, 0.4) is 0 Å². The fourth-order valence-corrected chi connectivity index (χ4v) is 0.888. The molecule has 0 aromatic heterocycles. The van der Waals surface area contributed by atoms with E-state index in [1.807, 2.05) is 22.6 Å². The average Bonchev–Trinajstić information content (AvgIpc) is 2.26. The van der Waals surface area contributed by atoms with Gasteiger partial charge < -0.3 is 18.9 Å². The first-order valence-electron chi connectivity index (χ1n) is 4.72. The highest BCUT2D eigenvalue weighted by Crippen LogP contribution is 1.81. The van der Waals surface area contributed by atoms with Crippen molar-refractivity contribution in [2.75, 3.05) is 53.4 Å². The highest BCUT2D eigenvalue weighted by molar-refractivity contribution is 14.1. The van der Waals surface area contributed by atoms with Crippen molar-refractivity contribution in [2.45, 2.75) is 0 Å². The van der Waals surface area contributed by atoms with Gasteiger partial charge in [0.2, 0.25) is 0 Å². The van der Waals surface area contributed by atoms with Crippen LogP contribution in [-0.2, 0) is 18.9 Å². The number of rotatable bonds is 10. The molecule has 0 aliphatic heterocycles. The van der Waals surface area contributed by atoms with Crippen molar-refractivity contribution in [3.8, 4) is 9.85 Å². The average molecular weight is 328 g/mol. The molecule has 0 amide bonds. The second-order valence-electron chi connectivity index (χ2n) is 2.54. The van der Waals surface area contributed by atoms with Crippen molar-refractivity contribution in [1.82, 2.24) is 0 Å². The monoisotopic (exact) mass is 328 g/mol. The zero-order chi connectivity index (χ0) is 11.2. The molecule has 4 nitrogen and oxygen atoms in total. The van der Waals surface area contributed by atoms with Crippen LogP contribution in [0.15, 0.2) is 0 Å². The first-order chi connectivity index (χ1) is 7.41.